The largest absolute Gasteiger partial charge is 0.379 e. The normalized spacial score (nSPS) is 28.5. The Bertz CT molecular complexity index is 658. The molecule has 1 amide bonds. The van der Waals surface area contributed by atoms with Crippen LogP contribution in [0.3, 0.4) is 0 Å². The molecule has 0 aliphatic carbocycles. The fourth-order valence-corrected chi connectivity index (χ4v) is 3.39. The van der Waals surface area contributed by atoms with E-state index in [1.54, 1.807) is 0 Å². The second kappa shape index (κ2) is 7.49. The number of carbonyl (C=O) groups is 1. The van der Waals surface area contributed by atoms with Crippen LogP contribution in [0, 0.1) is 5.92 Å². The second-order valence-corrected chi connectivity index (χ2v) is 6.57. The van der Waals surface area contributed by atoms with Crippen molar-refractivity contribution < 1.29 is 9.53 Å². The van der Waals surface area contributed by atoms with Crippen molar-refractivity contribution in [2.75, 3.05) is 32.8 Å². The van der Waals surface area contributed by atoms with E-state index in [-0.39, 0.29) is 18.0 Å². The molecule has 3 fully saturated rings. The van der Waals surface area contributed by atoms with E-state index in [1.807, 2.05) is 6.07 Å². The molecule has 8 nitrogen and oxygen atoms in total. The number of hydrogen-bond donors (Lipinski definition) is 4. The summed E-state index contributed by atoms with van der Waals surface area (Å²) in [7, 11) is 0. The van der Waals surface area contributed by atoms with Gasteiger partial charge in [-0.25, -0.2) is 10.4 Å². The lowest BCUT2D eigenvalue weighted by Crippen LogP contribution is -2.61. The number of fused-ring (bicyclic) bond motifs is 1. The van der Waals surface area contributed by atoms with Gasteiger partial charge in [-0.3, -0.25) is 20.4 Å². The standard InChI is InChI=1S/C17H24N6O2/c24-16-14-10-19-22-15(14)20-17(21-16)18-9-12-3-1-2-4-13(12)11-23-5-7-25-8-6-23/h1-4,14-15,19,22H,5-11H2,(H2,18,20,21,24). The zero-order chi connectivity index (χ0) is 17.1. The first-order chi connectivity index (χ1) is 12.3. The Hall–Kier alpha value is -2.00. The number of ether oxygens (including phenoxy) is 1. The minimum atomic E-state index is -0.104. The van der Waals surface area contributed by atoms with Gasteiger partial charge in [0, 0.05) is 26.2 Å². The average Bonchev–Trinajstić information content (AvgIpc) is 3.11. The monoisotopic (exact) mass is 344 g/mol. The molecule has 0 saturated carbocycles. The van der Waals surface area contributed by atoms with E-state index >= 15 is 0 Å². The van der Waals surface area contributed by atoms with E-state index in [1.165, 1.54) is 11.1 Å². The molecule has 4 rings (SSSR count). The summed E-state index contributed by atoms with van der Waals surface area (Å²) in [5.41, 5.74) is 8.51. The van der Waals surface area contributed by atoms with E-state index in [0.29, 0.717) is 19.0 Å². The van der Waals surface area contributed by atoms with Gasteiger partial charge in [-0.15, -0.1) is 0 Å². The topological polar surface area (TPSA) is 90.0 Å². The maximum Gasteiger partial charge on any atom is 0.234 e. The molecule has 0 spiro atoms. The predicted molar refractivity (Wildman–Crippen MR) is 93.4 cm³/mol. The van der Waals surface area contributed by atoms with Crippen molar-refractivity contribution in [3.8, 4) is 0 Å². The van der Waals surface area contributed by atoms with Gasteiger partial charge in [0.15, 0.2) is 5.96 Å². The molecule has 1 aromatic rings. The number of hydrogen-bond acceptors (Lipinski definition) is 6. The fourth-order valence-electron chi connectivity index (χ4n) is 3.39. The van der Waals surface area contributed by atoms with Crippen molar-refractivity contribution >= 4 is 11.9 Å². The van der Waals surface area contributed by atoms with Crippen LogP contribution >= 0.6 is 0 Å². The van der Waals surface area contributed by atoms with E-state index in [9.17, 15) is 4.79 Å². The molecule has 1 aromatic carbocycles. The smallest absolute Gasteiger partial charge is 0.234 e. The number of hydrazine groups is 1. The minimum Gasteiger partial charge on any atom is -0.379 e. The molecule has 3 aliphatic rings. The zero-order valence-corrected chi connectivity index (χ0v) is 14.1. The Morgan fingerprint density at radius 3 is 2.84 bits per heavy atom. The molecule has 134 valence electrons. The van der Waals surface area contributed by atoms with E-state index < -0.39 is 0 Å². The van der Waals surface area contributed by atoms with E-state index in [2.05, 4.69) is 49.6 Å². The molecular weight excluding hydrogens is 320 g/mol. The molecule has 2 atom stereocenters. The highest BCUT2D eigenvalue weighted by molar-refractivity contribution is 6.01. The predicted octanol–water partition coefficient (Wildman–Crippen LogP) is -0.856. The maximum atomic E-state index is 12.1. The third-order valence-corrected chi connectivity index (χ3v) is 4.88. The highest BCUT2D eigenvalue weighted by Crippen LogP contribution is 2.15. The zero-order valence-electron chi connectivity index (χ0n) is 14.1. The molecule has 0 bridgehead atoms. The third kappa shape index (κ3) is 3.82. The van der Waals surface area contributed by atoms with Crippen LogP contribution in [0.25, 0.3) is 0 Å². The van der Waals surface area contributed by atoms with Crippen LogP contribution in [0.4, 0.5) is 0 Å². The summed E-state index contributed by atoms with van der Waals surface area (Å²) in [5, 5.41) is 6.09. The molecule has 8 heteroatoms. The first kappa shape index (κ1) is 16.5. The van der Waals surface area contributed by atoms with Gasteiger partial charge in [0.1, 0.15) is 6.17 Å². The summed E-state index contributed by atoms with van der Waals surface area (Å²) in [5.74, 6) is 0.429. The van der Waals surface area contributed by atoms with Crippen LogP contribution < -0.4 is 21.5 Å². The van der Waals surface area contributed by atoms with Gasteiger partial charge in [-0.1, -0.05) is 24.3 Å². The third-order valence-electron chi connectivity index (χ3n) is 4.88. The molecule has 25 heavy (non-hydrogen) atoms. The number of amides is 1. The number of nitrogens with one attached hydrogen (secondary N) is 4. The number of nitrogens with zero attached hydrogens (tertiary/aromatic N) is 2. The Labute approximate surface area is 147 Å². The molecule has 3 heterocycles. The van der Waals surface area contributed by atoms with Gasteiger partial charge in [0.05, 0.1) is 25.7 Å². The minimum absolute atomic E-state index is 0.00148. The van der Waals surface area contributed by atoms with Gasteiger partial charge in [-0.2, -0.15) is 0 Å². The Balaban J connectivity index is 1.43. The number of carbonyl (C=O) groups excluding carboxylic acids is 1. The van der Waals surface area contributed by atoms with Gasteiger partial charge >= 0.3 is 0 Å². The van der Waals surface area contributed by atoms with Crippen molar-refractivity contribution in [1.29, 1.82) is 0 Å². The highest BCUT2D eigenvalue weighted by atomic mass is 16.5. The van der Waals surface area contributed by atoms with Crippen molar-refractivity contribution in [3.05, 3.63) is 35.4 Å². The summed E-state index contributed by atoms with van der Waals surface area (Å²) in [6, 6.07) is 8.34. The number of morpholine rings is 1. The van der Waals surface area contributed by atoms with Crippen molar-refractivity contribution in [1.82, 2.24) is 26.4 Å². The molecule has 3 aliphatic heterocycles. The summed E-state index contributed by atoms with van der Waals surface area (Å²) in [6.45, 7) is 5.58. The quantitative estimate of drug-likeness (QED) is 0.569. The van der Waals surface area contributed by atoms with Crippen LogP contribution in [-0.4, -0.2) is 55.8 Å². The van der Waals surface area contributed by atoms with Crippen molar-refractivity contribution in [2.45, 2.75) is 19.3 Å². The summed E-state index contributed by atoms with van der Waals surface area (Å²) in [4.78, 5) is 19.1. The Morgan fingerprint density at radius 2 is 2.00 bits per heavy atom. The molecule has 3 saturated heterocycles. The van der Waals surface area contributed by atoms with Crippen LogP contribution in [0.5, 0.6) is 0 Å². The van der Waals surface area contributed by atoms with E-state index in [4.69, 9.17) is 4.74 Å². The summed E-state index contributed by atoms with van der Waals surface area (Å²) in [6.07, 6.45) is -0.101. The van der Waals surface area contributed by atoms with Crippen LogP contribution in [-0.2, 0) is 22.6 Å². The van der Waals surface area contributed by atoms with Crippen molar-refractivity contribution in [2.24, 2.45) is 10.9 Å². The lowest BCUT2D eigenvalue weighted by Gasteiger charge is -2.28. The van der Waals surface area contributed by atoms with Crippen molar-refractivity contribution in [3.63, 3.8) is 0 Å². The molecule has 0 aromatic heterocycles. The average molecular weight is 344 g/mol. The first-order valence-electron chi connectivity index (χ1n) is 8.77. The maximum absolute atomic E-state index is 12.1. The van der Waals surface area contributed by atoms with Crippen LogP contribution in [0.1, 0.15) is 11.1 Å². The lowest BCUT2D eigenvalue weighted by atomic mass is 10.1. The number of aliphatic imine (C=N–C) groups is 1. The molecule has 0 radical (unpaired) electrons. The van der Waals surface area contributed by atoms with Crippen LogP contribution in [0.2, 0.25) is 0 Å². The Morgan fingerprint density at radius 1 is 1.20 bits per heavy atom. The fraction of sp³-hybridized carbons (Fsp3) is 0.529. The van der Waals surface area contributed by atoms with Gasteiger partial charge in [0.2, 0.25) is 5.91 Å². The number of benzene rings is 1. The van der Waals surface area contributed by atoms with Gasteiger partial charge < -0.3 is 10.1 Å². The lowest BCUT2D eigenvalue weighted by molar-refractivity contribution is -0.124. The summed E-state index contributed by atoms with van der Waals surface area (Å²) < 4.78 is 5.42. The second-order valence-electron chi connectivity index (χ2n) is 6.57. The SMILES string of the molecule is O=C1NC(=NCc2ccccc2CN2CCOCC2)NC2NNCC12. The highest BCUT2D eigenvalue weighted by Gasteiger charge is 2.37. The number of rotatable bonds is 4. The van der Waals surface area contributed by atoms with Gasteiger partial charge in [0.25, 0.3) is 0 Å². The van der Waals surface area contributed by atoms with E-state index in [0.717, 1.165) is 32.8 Å². The first-order valence-corrected chi connectivity index (χ1v) is 8.77. The molecule has 2 unspecified atom stereocenters. The summed E-state index contributed by atoms with van der Waals surface area (Å²) >= 11 is 0. The number of guanidine groups is 1. The molecular formula is C17H24N6O2. The molecule has 4 N–H and O–H groups in total. The van der Waals surface area contributed by atoms with Crippen LogP contribution in [0.15, 0.2) is 29.3 Å². The van der Waals surface area contributed by atoms with Gasteiger partial charge in [-0.05, 0) is 11.1 Å². The Kier molecular flexibility index (Phi) is 4.93.